The minimum absolute atomic E-state index is 0.0593. The quantitative estimate of drug-likeness (QED) is 0.856. The number of aromatic nitrogens is 2. The zero-order valence-corrected chi connectivity index (χ0v) is 10.8. The summed E-state index contributed by atoms with van der Waals surface area (Å²) < 4.78 is 4.98. The van der Waals surface area contributed by atoms with Crippen molar-refractivity contribution in [1.29, 1.82) is 0 Å². The summed E-state index contributed by atoms with van der Waals surface area (Å²) in [4.78, 5) is 29.3. The van der Waals surface area contributed by atoms with Gasteiger partial charge in [-0.25, -0.2) is 19.6 Å². The molecule has 0 bridgehead atoms. The van der Waals surface area contributed by atoms with Gasteiger partial charge in [-0.05, 0) is 20.8 Å². The number of carbonyl (C=O) groups is 2. The van der Waals surface area contributed by atoms with Crippen molar-refractivity contribution >= 4 is 29.5 Å². The number of anilines is 1. The van der Waals surface area contributed by atoms with E-state index in [0.29, 0.717) is 0 Å². The normalized spacial score (nSPS) is 10.9. The molecule has 1 heterocycles. The van der Waals surface area contributed by atoms with Crippen molar-refractivity contribution in [2.24, 2.45) is 0 Å². The van der Waals surface area contributed by atoms with Crippen LogP contribution in [0.5, 0.6) is 0 Å². The highest BCUT2D eigenvalue weighted by Gasteiger charge is 2.18. The maximum absolute atomic E-state index is 11.4. The molecule has 1 rings (SSSR count). The van der Waals surface area contributed by atoms with Gasteiger partial charge in [0.15, 0.2) is 16.7 Å². The monoisotopic (exact) mass is 273 g/mol. The first-order valence-electron chi connectivity index (χ1n) is 4.95. The van der Waals surface area contributed by atoms with Crippen LogP contribution in [0, 0.1) is 0 Å². The van der Waals surface area contributed by atoms with Crippen LogP contribution < -0.4 is 5.32 Å². The summed E-state index contributed by atoms with van der Waals surface area (Å²) in [5.74, 6) is -1.32. The van der Waals surface area contributed by atoms with Crippen molar-refractivity contribution in [3.05, 3.63) is 17.0 Å². The molecule has 1 amide bonds. The highest BCUT2D eigenvalue weighted by molar-refractivity contribution is 6.32. The number of carboxylic acid groups (broad SMARTS) is 1. The third-order valence-electron chi connectivity index (χ3n) is 1.57. The molecule has 2 N–H and O–H groups in total. The molecule has 0 unspecified atom stereocenters. The highest BCUT2D eigenvalue weighted by atomic mass is 35.5. The lowest BCUT2D eigenvalue weighted by Gasteiger charge is -2.19. The summed E-state index contributed by atoms with van der Waals surface area (Å²) in [6.07, 6.45) is 0.239. The van der Waals surface area contributed by atoms with Crippen molar-refractivity contribution in [3.63, 3.8) is 0 Å². The Bertz CT molecular complexity index is 485. The van der Waals surface area contributed by atoms with E-state index in [1.165, 1.54) is 0 Å². The van der Waals surface area contributed by atoms with Crippen molar-refractivity contribution in [2.45, 2.75) is 26.4 Å². The van der Waals surface area contributed by atoms with Crippen molar-refractivity contribution in [2.75, 3.05) is 5.32 Å². The van der Waals surface area contributed by atoms with Gasteiger partial charge in [0.05, 0.1) is 6.20 Å². The minimum atomic E-state index is -1.26. The fraction of sp³-hybridized carbons (Fsp3) is 0.400. The van der Waals surface area contributed by atoms with Crippen molar-refractivity contribution in [1.82, 2.24) is 9.97 Å². The van der Waals surface area contributed by atoms with Gasteiger partial charge in [0.1, 0.15) is 5.60 Å². The largest absolute Gasteiger partial charge is 0.476 e. The molecule has 7 nitrogen and oxygen atoms in total. The molecule has 0 radical (unpaired) electrons. The molecular weight excluding hydrogens is 262 g/mol. The third kappa shape index (κ3) is 4.17. The number of amides is 1. The van der Waals surface area contributed by atoms with Crippen LogP contribution in [-0.4, -0.2) is 32.7 Å². The number of hydrogen-bond donors (Lipinski definition) is 2. The Kier molecular flexibility index (Phi) is 4.07. The third-order valence-corrected chi connectivity index (χ3v) is 1.83. The lowest BCUT2D eigenvalue weighted by molar-refractivity contribution is 0.0634. The Morgan fingerprint density at radius 1 is 1.44 bits per heavy atom. The van der Waals surface area contributed by atoms with Gasteiger partial charge in [-0.1, -0.05) is 11.6 Å². The van der Waals surface area contributed by atoms with Gasteiger partial charge in [0.2, 0.25) is 0 Å². The van der Waals surface area contributed by atoms with Crippen molar-refractivity contribution < 1.29 is 19.4 Å². The van der Waals surface area contributed by atoms with E-state index in [0.717, 1.165) is 6.20 Å². The fourth-order valence-electron chi connectivity index (χ4n) is 0.954. The highest BCUT2D eigenvalue weighted by Crippen LogP contribution is 2.17. The second-order valence-electron chi connectivity index (χ2n) is 4.33. The van der Waals surface area contributed by atoms with Crippen LogP contribution >= 0.6 is 11.6 Å². The number of nitrogens with zero attached hydrogens (tertiary/aromatic N) is 2. The van der Waals surface area contributed by atoms with E-state index in [1.54, 1.807) is 20.8 Å². The average molecular weight is 274 g/mol. The van der Waals surface area contributed by atoms with E-state index in [-0.39, 0.29) is 16.7 Å². The summed E-state index contributed by atoms with van der Waals surface area (Å²) in [5, 5.41) is 10.7. The first-order valence-corrected chi connectivity index (χ1v) is 5.32. The van der Waals surface area contributed by atoms with Gasteiger partial charge >= 0.3 is 12.1 Å². The number of carbonyl (C=O) groups excluding carboxylic acids is 1. The zero-order valence-electron chi connectivity index (χ0n) is 10.0. The Morgan fingerprint density at radius 3 is 2.50 bits per heavy atom. The first-order chi connectivity index (χ1) is 8.19. The number of nitrogens with one attached hydrogen (secondary N) is 1. The summed E-state index contributed by atoms with van der Waals surface area (Å²) in [6.45, 7) is 5.11. The van der Waals surface area contributed by atoms with Gasteiger partial charge in [0, 0.05) is 0 Å². The number of rotatable bonds is 2. The maximum Gasteiger partial charge on any atom is 0.413 e. The Labute approximate surface area is 108 Å². The Morgan fingerprint density at radius 2 is 2.06 bits per heavy atom. The van der Waals surface area contributed by atoms with E-state index >= 15 is 0 Å². The fourth-order valence-corrected chi connectivity index (χ4v) is 1.14. The molecule has 0 saturated heterocycles. The van der Waals surface area contributed by atoms with E-state index in [1.807, 2.05) is 0 Å². The number of ether oxygens (including phenoxy) is 1. The minimum Gasteiger partial charge on any atom is -0.476 e. The lowest BCUT2D eigenvalue weighted by Crippen LogP contribution is -2.27. The van der Waals surface area contributed by atoms with Crippen LogP contribution in [0.25, 0.3) is 0 Å². The molecular formula is C10H12ClN3O4. The SMILES string of the molecule is CC(C)(C)OC(=O)Nc1ncc(C(=O)O)nc1Cl. The lowest BCUT2D eigenvalue weighted by atomic mass is 10.2. The van der Waals surface area contributed by atoms with Gasteiger partial charge in [0.25, 0.3) is 0 Å². The topological polar surface area (TPSA) is 101 Å². The van der Waals surface area contributed by atoms with E-state index in [2.05, 4.69) is 15.3 Å². The first kappa shape index (κ1) is 14.2. The van der Waals surface area contributed by atoms with E-state index < -0.39 is 17.7 Å². The molecule has 8 heteroatoms. The molecule has 18 heavy (non-hydrogen) atoms. The van der Waals surface area contributed by atoms with Gasteiger partial charge in [-0.3, -0.25) is 5.32 Å². The summed E-state index contributed by atoms with van der Waals surface area (Å²) >= 11 is 5.68. The molecule has 1 aromatic rings. The van der Waals surface area contributed by atoms with Gasteiger partial charge in [-0.15, -0.1) is 0 Å². The molecule has 0 aliphatic heterocycles. The van der Waals surface area contributed by atoms with Crippen molar-refractivity contribution in [3.8, 4) is 0 Å². The predicted molar refractivity (Wildman–Crippen MR) is 63.9 cm³/mol. The summed E-state index contributed by atoms with van der Waals surface area (Å²) in [5.41, 5.74) is -0.972. The van der Waals surface area contributed by atoms with Crippen LogP contribution in [0.1, 0.15) is 31.3 Å². The maximum atomic E-state index is 11.4. The molecule has 0 saturated carbocycles. The number of halogens is 1. The van der Waals surface area contributed by atoms with Crippen LogP contribution in [0.15, 0.2) is 6.20 Å². The molecule has 98 valence electrons. The molecule has 0 spiro atoms. The zero-order chi connectivity index (χ0) is 13.9. The second-order valence-corrected chi connectivity index (χ2v) is 4.68. The predicted octanol–water partition coefficient (Wildman–Crippen LogP) is 2.18. The smallest absolute Gasteiger partial charge is 0.413 e. The molecule has 0 aliphatic carbocycles. The van der Waals surface area contributed by atoms with Crippen LogP contribution in [0.3, 0.4) is 0 Å². The van der Waals surface area contributed by atoms with Crippen LogP contribution in [0.4, 0.5) is 10.6 Å². The Balaban J connectivity index is 2.80. The molecule has 0 fully saturated rings. The van der Waals surface area contributed by atoms with Crippen LogP contribution in [-0.2, 0) is 4.74 Å². The number of aromatic carboxylic acids is 1. The second kappa shape index (κ2) is 5.18. The Hall–Kier alpha value is -1.89. The standard InChI is InChI=1S/C10H12ClN3O4/c1-10(2,3)18-9(17)14-7-6(11)13-5(4-12-7)8(15)16/h4H,1-3H3,(H,15,16)(H,12,14,17). The molecule has 0 atom stereocenters. The summed E-state index contributed by atoms with van der Waals surface area (Å²) in [7, 11) is 0. The van der Waals surface area contributed by atoms with Crippen LogP contribution in [0.2, 0.25) is 5.15 Å². The van der Waals surface area contributed by atoms with E-state index in [9.17, 15) is 9.59 Å². The van der Waals surface area contributed by atoms with Gasteiger partial charge in [-0.2, -0.15) is 0 Å². The van der Waals surface area contributed by atoms with E-state index in [4.69, 9.17) is 21.4 Å². The summed E-state index contributed by atoms with van der Waals surface area (Å²) in [6, 6.07) is 0. The number of hydrogen-bond acceptors (Lipinski definition) is 5. The van der Waals surface area contributed by atoms with Gasteiger partial charge < -0.3 is 9.84 Å². The molecule has 1 aromatic heterocycles. The number of carboxylic acids is 1. The molecule has 0 aromatic carbocycles. The average Bonchev–Trinajstić information content (AvgIpc) is 2.17. The molecule has 0 aliphatic rings.